The molecule has 15 heavy (non-hydrogen) atoms. The van der Waals surface area contributed by atoms with Crippen LogP contribution in [0.15, 0.2) is 0 Å². The Morgan fingerprint density at radius 3 is 2.73 bits per heavy atom. The Balaban J connectivity index is 1.93. The number of rotatable bonds is 2. The first kappa shape index (κ1) is 10.9. The van der Waals surface area contributed by atoms with Gasteiger partial charge in [-0.1, -0.05) is 0 Å². The molecule has 2 heterocycles. The molecule has 86 valence electrons. The van der Waals surface area contributed by atoms with E-state index < -0.39 is 0 Å². The second-order valence-electron chi connectivity index (χ2n) is 4.53. The first-order valence-corrected chi connectivity index (χ1v) is 5.95. The van der Waals surface area contributed by atoms with Gasteiger partial charge in [-0.15, -0.1) is 0 Å². The summed E-state index contributed by atoms with van der Waals surface area (Å²) in [5.74, 6) is 0.464. The number of nitrogens with one attached hydrogen (secondary N) is 1. The van der Waals surface area contributed by atoms with Crippen molar-refractivity contribution in [2.24, 2.45) is 5.92 Å². The molecule has 1 atom stereocenters. The van der Waals surface area contributed by atoms with Crippen molar-refractivity contribution in [2.75, 3.05) is 26.2 Å². The molecule has 1 amide bonds. The average Bonchev–Trinajstić information content (AvgIpc) is 2.77. The summed E-state index contributed by atoms with van der Waals surface area (Å²) in [7, 11) is 0. The number of likely N-dealkylation sites (tertiary alicyclic amines) is 1. The summed E-state index contributed by atoms with van der Waals surface area (Å²) in [6.07, 6.45) is 3.91. The Morgan fingerprint density at radius 2 is 2.07 bits per heavy atom. The number of carbonyl (C=O) groups excluding carboxylic acids is 1. The molecule has 2 rings (SSSR count). The Morgan fingerprint density at radius 1 is 1.33 bits per heavy atom. The van der Waals surface area contributed by atoms with Gasteiger partial charge in [-0.3, -0.25) is 4.79 Å². The van der Waals surface area contributed by atoms with E-state index in [0.717, 1.165) is 45.3 Å². The number of carbonyl (C=O) groups is 1. The number of aliphatic hydroxyl groups excluding tert-OH is 1. The van der Waals surface area contributed by atoms with Crippen LogP contribution in [-0.4, -0.2) is 48.2 Å². The van der Waals surface area contributed by atoms with Gasteiger partial charge in [0.15, 0.2) is 0 Å². The largest absolute Gasteiger partial charge is 0.394 e. The third kappa shape index (κ3) is 2.32. The van der Waals surface area contributed by atoms with Crippen LogP contribution in [0.1, 0.15) is 25.7 Å². The van der Waals surface area contributed by atoms with Crippen molar-refractivity contribution >= 4 is 5.91 Å². The molecule has 2 aliphatic rings. The molecular weight excluding hydrogens is 192 g/mol. The highest BCUT2D eigenvalue weighted by atomic mass is 16.3. The van der Waals surface area contributed by atoms with E-state index in [1.807, 2.05) is 4.90 Å². The first-order valence-electron chi connectivity index (χ1n) is 5.95. The summed E-state index contributed by atoms with van der Waals surface area (Å²) >= 11 is 0. The molecule has 0 aromatic rings. The number of hydrogen-bond donors (Lipinski definition) is 2. The standard InChI is InChI=1S/C11H20N2O2/c14-8-10-2-1-7-13(10)11(15)9-3-5-12-6-4-9/h9-10,12,14H,1-8H2/t10-/m0/s1. The number of hydrogen-bond acceptors (Lipinski definition) is 3. The lowest BCUT2D eigenvalue weighted by Gasteiger charge is -2.30. The van der Waals surface area contributed by atoms with Crippen LogP contribution in [0.3, 0.4) is 0 Å². The van der Waals surface area contributed by atoms with E-state index >= 15 is 0 Å². The van der Waals surface area contributed by atoms with Crippen LogP contribution in [0.25, 0.3) is 0 Å². The minimum Gasteiger partial charge on any atom is -0.394 e. The van der Waals surface area contributed by atoms with Gasteiger partial charge in [0.25, 0.3) is 0 Å². The van der Waals surface area contributed by atoms with Crippen molar-refractivity contribution in [1.82, 2.24) is 10.2 Å². The molecule has 0 unspecified atom stereocenters. The van der Waals surface area contributed by atoms with Crippen LogP contribution >= 0.6 is 0 Å². The molecule has 2 N–H and O–H groups in total. The van der Waals surface area contributed by atoms with Crippen LogP contribution in [0.4, 0.5) is 0 Å². The molecule has 0 saturated carbocycles. The number of piperidine rings is 1. The Hall–Kier alpha value is -0.610. The zero-order chi connectivity index (χ0) is 10.7. The van der Waals surface area contributed by atoms with Gasteiger partial charge in [-0.05, 0) is 38.8 Å². The highest BCUT2D eigenvalue weighted by Gasteiger charge is 2.32. The Labute approximate surface area is 90.6 Å². The predicted molar refractivity (Wildman–Crippen MR) is 57.4 cm³/mol. The molecule has 0 bridgehead atoms. The fourth-order valence-electron chi connectivity index (χ4n) is 2.62. The van der Waals surface area contributed by atoms with Gasteiger partial charge in [0, 0.05) is 12.5 Å². The molecular formula is C11H20N2O2. The van der Waals surface area contributed by atoms with Crippen molar-refractivity contribution < 1.29 is 9.90 Å². The van der Waals surface area contributed by atoms with Crippen molar-refractivity contribution in [1.29, 1.82) is 0 Å². The summed E-state index contributed by atoms with van der Waals surface area (Å²) in [5, 5.41) is 12.4. The summed E-state index contributed by atoms with van der Waals surface area (Å²) in [5.41, 5.74) is 0. The monoisotopic (exact) mass is 212 g/mol. The number of nitrogens with zero attached hydrogens (tertiary/aromatic N) is 1. The van der Waals surface area contributed by atoms with Crippen LogP contribution in [0.2, 0.25) is 0 Å². The van der Waals surface area contributed by atoms with Gasteiger partial charge in [0.05, 0.1) is 12.6 Å². The maximum absolute atomic E-state index is 12.2. The van der Waals surface area contributed by atoms with E-state index in [4.69, 9.17) is 0 Å². The molecule has 0 aliphatic carbocycles. The van der Waals surface area contributed by atoms with Crippen molar-refractivity contribution in [2.45, 2.75) is 31.7 Å². The van der Waals surface area contributed by atoms with Crippen LogP contribution < -0.4 is 5.32 Å². The zero-order valence-electron chi connectivity index (χ0n) is 9.11. The fourth-order valence-corrected chi connectivity index (χ4v) is 2.62. The summed E-state index contributed by atoms with van der Waals surface area (Å²) in [6.45, 7) is 2.87. The maximum Gasteiger partial charge on any atom is 0.226 e. The lowest BCUT2D eigenvalue weighted by atomic mass is 9.96. The predicted octanol–water partition coefficient (Wildman–Crippen LogP) is -0.0307. The van der Waals surface area contributed by atoms with E-state index in [9.17, 15) is 9.90 Å². The van der Waals surface area contributed by atoms with Gasteiger partial charge in [0.2, 0.25) is 5.91 Å². The molecule has 2 fully saturated rings. The topological polar surface area (TPSA) is 52.6 Å². The summed E-state index contributed by atoms with van der Waals surface area (Å²) in [6, 6.07) is 0.0902. The third-order valence-corrected chi connectivity index (χ3v) is 3.56. The normalized spacial score (nSPS) is 28.3. The lowest BCUT2D eigenvalue weighted by Crippen LogP contribution is -2.44. The van der Waals surface area contributed by atoms with Gasteiger partial charge in [-0.2, -0.15) is 0 Å². The molecule has 0 radical (unpaired) electrons. The van der Waals surface area contributed by atoms with E-state index in [-0.39, 0.29) is 24.5 Å². The van der Waals surface area contributed by atoms with Gasteiger partial charge >= 0.3 is 0 Å². The van der Waals surface area contributed by atoms with E-state index in [1.165, 1.54) is 0 Å². The van der Waals surface area contributed by atoms with E-state index in [2.05, 4.69) is 5.32 Å². The highest BCUT2D eigenvalue weighted by molar-refractivity contribution is 5.79. The van der Waals surface area contributed by atoms with E-state index in [1.54, 1.807) is 0 Å². The SMILES string of the molecule is O=C(C1CCNCC1)N1CCC[C@H]1CO. The zero-order valence-corrected chi connectivity index (χ0v) is 9.11. The summed E-state index contributed by atoms with van der Waals surface area (Å²) in [4.78, 5) is 14.1. The van der Waals surface area contributed by atoms with Gasteiger partial charge in [0.1, 0.15) is 0 Å². The number of aliphatic hydroxyl groups is 1. The minimum absolute atomic E-state index is 0.0902. The third-order valence-electron chi connectivity index (χ3n) is 3.56. The van der Waals surface area contributed by atoms with Crippen molar-refractivity contribution in [3.63, 3.8) is 0 Å². The molecule has 2 saturated heterocycles. The lowest BCUT2D eigenvalue weighted by molar-refractivity contribution is -0.137. The van der Waals surface area contributed by atoms with Gasteiger partial charge < -0.3 is 15.3 Å². The van der Waals surface area contributed by atoms with Crippen LogP contribution in [0, 0.1) is 5.92 Å². The highest BCUT2D eigenvalue weighted by Crippen LogP contribution is 2.22. The number of amides is 1. The molecule has 0 aromatic heterocycles. The van der Waals surface area contributed by atoms with E-state index in [0.29, 0.717) is 0 Å². The van der Waals surface area contributed by atoms with Crippen LogP contribution in [0.5, 0.6) is 0 Å². The quantitative estimate of drug-likeness (QED) is 0.676. The summed E-state index contributed by atoms with van der Waals surface area (Å²) < 4.78 is 0. The van der Waals surface area contributed by atoms with Crippen molar-refractivity contribution in [3.05, 3.63) is 0 Å². The first-order chi connectivity index (χ1) is 7.33. The Kier molecular flexibility index (Phi) is 3.59. The molecule has 2 aliphatic heterocycles. The van der Waals surface area contributed by atoms with Gasteiger partial charge in [-0.25, -0.2) is 0 Å². The smallest absolute Gasteiger partial charge is 0.226 e. The Bertz CT molecular complexity index is 227. The molecule has 0 spiro atoms. The fraction of sp³-hybridized carbons (Fsp3) is 0.909. The second kappa shape index (κ2) is 4.94. The van der Waals surface area contributed by atoms with Crippen molar-refractivity contribution in [3.8, 4) is 0 Å². The molecule has 4 nitrogen and oxygen atoms in total. The van der Waals surface area contributed by atoms with Crippen LogP contribution in [-0.2, 0) is 4.79 Å². The molecule has 4 heteroatoms. The molecule has 0 aromatic carbocycles. The maximum atomic E-state index is 12.2. The minimum atomic E-state index is 0.0902. The average molecular weight is 212 g/mol. The second-order valence-corrected chi connectivity index (χ2v) is 4.53.